The van der Waals surface area contributed by atoms with Gasteiger partial charge in [-0.3, -0.25) is 0 Å². The van der Waals surface area contributed by atoms with E-state index < -0.39 is 11.7 Å². The minimum atomic E-state index is -4.34. The maximum Gasteiger partial charge on any atom is 0.416 e. The average Bonchev–Trinajstić information content (AvgIpc) is 2.03. The molecule has 0 fully saturated rings. The van der Waals surface area contributed by atoms with E-state index in [9.17, 15) is 13.2 Å². The third kappa shape index (κ3) is 2.61. The van der Waals surface area contributed by atoms with Crippen LogP contribution in [0.2, 0.25) is 5.02 Å². The summed E-state index contributed by atoms with van der Waals surface area (Å²) in [6, 6.07) is 3.73. The minimum Gasteiger partial charge on any atom is -0.166 e. The summed E-state index contributed by atoms with van der Waals surface area (Å²) in [5.41, 5.74) is -0.492. The second-order valence-corrected chi connectivity index (χ2v) is 3.43. The second kappa shape index (κ2) is 3.88. The van der Waals surface area contributed by atoms with Crippen LogP contribution in [0.5, 0.6) is 0 Å². The molecule has 0 heterocycles. The van der Waals surface area contributed by atoms with E-state index in [1.807, 2.05) is 0 Å². The zero-order chi connectivity index (χ0) is 10.1. The number of alkyl halides is 4. The molecule has 1 aromatic rings. The summed E-state index contributed by atoms with van der Waals surface area (Å²) in [5, 5.41) is 0.260. The molecule has 0 aromatic heterocycles. The minimum absolute atomic E-state index is 0.0945. The van der Waals surface area contributed by atoms with Crippen molar-refractivity contribution in [2.24, 2.45) is 0 Å². The van der Waals surface area contributed by atoms with Crippen molar-refractivity contribution in [1.82, 2.24) is 0 Å². The molecule has 1 rings (SSSR count). The standard InChI is InChI=1S/C8H5BrClF3/c9-4-5-1-2-6(10)3-7(5)8(11,12)13/h1-3H,4H2. The Morgan fingerprint density at radius 1 is 1.31 bits per heavy atom. The molecule has 0 nitrogen and oxygen atoms in total. The molecule has 0 aliphatic rings. The van der Waals surface area contributed by atoms with E-state index >= 15 is 0 Å². The SMILES string of the molecule is FC(F)(F)c1cc(Cl)ccc1CBr. The first-order chi connectivity index (χ1) is 5.95. The largest absolute Gasteiger partial charge is 0.416 e. The van der Waals surface area contributed by atoms with Crippen molar-refractivity contribution in [3.05, 3.63) is 34.3 Å². The molecule has 0 unspecified atom stereocenters. The highest BCUT2D eigenvalue weighted by atomic mass is 79.9. The molecule has 0 spiro atoms. The molecule has 13 heavy (non-hydrogen) atoms. The lowest BCUT2D eigenvalue weighted by Crippen LogP contribution is -2.08. The van der Waals surface area contributed by atoms with Gasteiger partial charge in [-0.15, -0.1) is 0 Å². The van der Waals surface area contributed by atoms with Crippen LogP contribution in [0, 0.1) is 0 Å². The van der Waals surface area contributed by atoms with Gasteiger partial charge in [-0.1, -0.05) is 33.6 Å². The summed E-state index contributed by atoms with van der Waals surface area (Å²) in [5.74, 6) is 0. The Hall–Kier alpha value is -0.220. The van der Waals surface area contributed by atoms with Crippen molar-refractivity contribution in [3.8, 4) is 0 Å². The lowest BCUT2D eigenvalue weighted by Gasteiger charge is -2.10. The summed E-state index contributed by atoms with van der Waals surface area (Å²) in [6.45, 7) is 0. The third-order valence-corrected chi connectivity index (χ3v) is 2.36. The maximum atomic E-state index is 12.3. The Morgan fingerprint density at radius 2 is 1.92 bits per heavy atom. The lowest BCUT2D eigenvalue weighted by atomic mass is 10.1. The fraction of sp³-hybridized carbons (Fsp3) is 0.250. The number of benzene rings is 1. The molecule has 0 atom stereocenters. The van der Waals surface area contributed by atoms with Crippen LogP contribution in [0.4, 0.5) is 13.2 Å². The van der Waals surface area contributed by atoms with Gasteiger partial charge < -0.3 is 0 Å². The molecule has 0 saturated heterocycles. The fourth-order valence-electron chi connectivity index (χ4n) is 0.929. The molecule has 0 aliphatic carbocycles. The van der Waals surface area contributed by atoms with Gasteiger partial charge in [0.15, 0.2) is 0 Å². The van der Waals surface area contributed by atoms with Crippen molar-refractivity contribution in [2.75, 3.05) is 0 Å². The van der Waals surface area contributed by atoms with Gasteiger partial charge in [-0.2, -0.15) is 13.2 Å². The van der Waals surface area contributed by atoms with E-state index in [1.54, 1.807) is 0 Å². The monoisotopic (exact) mass is 272 g/mol. The van der Waals surface area contributed by atoms with Crippen LogP contribution in [0.1, 0.15) is 11.1 Å². The predicted octanol–water partition coefficient (Wildman–Crippen LogP) is 4.25. The topological polar surface area (TPSA) is 0 Å². The van der Waals surface area contributed by atoms with E-state index in [-0.39, 0.29) is 15.9 Å². The van der Waals surface area contributed by atoms with Gasteiger partial charge in [0.05, 0.1) is 5.56 Å². The summed E-state index contributed by atoms with van der Waals surface area (Å²) < 4.78 is 37.0. The van der Waals surface area contributed by atoms with Crippen LogP contribution in [0.25, 0.3) is 0 Å². The predicted molar refractivity (Wildman–Crippen MR) is 49.1 cm³/mol. The van der Waals surface area contributed by atoms with Crippen molar-refractivity contribution in [2.45, 2.75) is 11.5 Å². The first-order valence-corrected chi connectivity index (χ1v) is 4.86. The number of hydrogen-bond donors (Lipinski definition) is 0. The van der Waals surface area contributed by atoms with E-state index in [4.69, 9.17) is 11.6 Å². The maximum absolute atomic E-state index is 12.3. The Balaban J connectivity index is 3.24. The average molecular weight is 273 g/mol. The first-order valence-electron chi connectivity index (χ1n) is 3.36. The Bertz CT molecular complexity index is 309. The highest BCUT2D eigenvalue weighted by molar-refractivity contribution is 9.08. The molecular weight excluding hydrogens is 268 g/mol. The molecular formula is C8H5BrClF3. The van der Waals surface area contributed by atoms with Crippen molar-refractivity contribution in [3.63, 3.8) is 0 Å². The van der Waals surface area contributed by atoms with Crippen molar-refractivity contribution >= 4 is 27.5 Å². The van der Waals surface area contributed by atoms with E-state index in [2.05, 4.69) is 15.9 Å². The summed E-state index contributed by atoms with van der Waals surface area (Å²) in [4.78, 5) is 0. The smallest absolute Gasteiger partial charge is 0.166 e. The van der Waals surface area contributed by atoms with E-state index in [1.165, 1.54) is 12.1 Å². The van der Waals surface area contributed by atoms with Crippen LogP contribution in [-0.2, 0) is 11.5 Å². The molecule has 5 heteroatoms. The van der Waals surface area contributed by atoms with Gasteiger partial charge in [0.2, 0.25) is 0 Å². The van der Waals surface area contributed by atoms with Crippen molar-refractivity contribution in [1.29, 1.82) is 0 Å². The zero-order valence-electron chi connectivity index (χ0n) is 6.33. The number of halogens is 5. The first kappa shape index (κ1) is 10.9. The second-order valence-electron chi connectivity index (χ2n) is 2.43. The number of hydrogen-bond acceptors (Lipinski definition) is 0. The van der Waals surface area contributed by atoms with Crippen molar-refractivity contribution < 1.29 is 13.2 Å². The molecule has 1 aromatic carbocycles. The molecule has 72 valence electrons. The lowest BCUT2D eigenvalue weighted by molar-refractivity contribution is -0.138. The van der Waals surface area contributed by atoms with Gasteiger partial charge in [-0.05, 0) is 17.7 Å². The van der Waals surface area contributed by atoms with Gasteiger partial charge in [-0.25, -0.2) is 0 Å². The normalized spacial score (nSPS) is 11.8. The molecule has 0 N–H and O–H groups in total. The summed E-state index contributed by atoms with van der Waals surface area (Å²) >= 11 is 8.45. The van der Waals surface area contributed by atoms with Gasteiger partial charge in [0.25, 0.3) is 0 Å². The third-order valence-electron chi connectivity index (χ3n) is 1.52. The van der Waals surface area contributed by atoms with Gasteiger partial charge in [0, 0.05) is 10.4 Å². The van der Waals surface area contributed by atoms with Gasteiger partial charge >= 0.3 is 6.18 Å². The van der Waals surface area contributed by atoms with Crippen LogP contribution in [-0.4, -0.2) is 0 Å². The Kier molecular flexibility index (Phi) is 3.24. The van der Waals surface area contributed by atoms with Crippen LogP contribution < -0.4 is 0 Å². The van der Waals surface area contributed by atoms with E-state index in [0.717, 1.165) is 6.07 Å². The Morgan fingerprint density at radius 3 is 2.38 bits per heavy atom. The summed E-state index contributed by atoms with van der Waals surface area (Å²) in [6.07, 6.45) is -4.34. The molecule has 0 bridgehead atoms. The fourth-order valence-corrected chi connectivity index (χ4v) is 1.59. The highest BCUT2D eigenvalue weighted by Gasteiger charge is 2.33. The van der Waals surface area contributed by atoms with E-state index in [0.29, 0.717) is 0 Å². The quantitative estimate of drug-likeness (QED) is 0.671. The molecule has 0 amide bonds. The molecule has 0 radical (unpaired) electrons. The zero-order valence-corrected chi connectivity index (χ0v) is 8.67. The highest BCUT2D eigenvalue weighted by Crippen LogP contribution is 2.34. The van der Waals surface area contributed by atoms with Crippen LogP contribution in [0.15, 0.2) is 18.2 Å². The summed E-state index contributed by atoms with van der Waals surface area (Å²) in [7, 11) is 0. The Labute approximate surface area is 86.8 Å². The van der Waals surface area contributed by atoms with Crippen LogP contribution in [0.3, 0.4) is 0 Å². The molecule has 0 aliphatic heterocycles. The number of rotatable bonds is 1. The van der Waals surface area contributed by atoms with Gasteiger partial charge in [0.1, 0.15) is 0 Å². The van der Waals surface area contributed by atoms with Crippen LogP contribution >= 0.6 is 27.5 Å². The molecule has 0 saturated carbocycles.